The van der Waals surface area contributed by atoms with Crippen molar-refractivity contribution >= 4 is 5.97 Å². The van der Waals surface area contributed by atoms with Crippen LogP contribution in [-0.4, -0.2) is 34.0 Å². The van der Waals surface area contributed by atoms with E-state index >= 15 is 0 Å². The minimum Gasteiger partial charge on any atom is -0.466 e. The molecule has 1 heterocycles. The number of H-pyrrole nitrogens is 1. The van der Waals surface area contributed by atoms with Gasteiger partial charge in [-0.25, -0.2) is 0 Å². The molecule has 0 spiro atoms. The highest BCUT2D eigenvalue weighted by Gasteiger charge is 2.64. The molecule has 1 aromatic rings. The van der Waals surface area contributed by atoms with Crippen LogP contribution >= 0.6 is 0 Å². The monoisotopic (exact) mass is 470 g/mol. The van der Waals surface area contributed by atoms with E-state index in [1.54, 1.807) is 0 Å². The van der Waals surface area contributed by atoms with Crippen LogP contribution in [0.5, 0.6) is 0 Å². The fourth-order valence-corrected chi connectivity index (χ4v) is 9.95. The van der Waals surface area contributed by atoms with Crippen molar-refractivity contribution in [3.63, 3.8) is 0 Å². The van der Waals surface area contributed by atoms with Crippen LogP contribution in [0.1, 0.15) is 90.8 Å². The van der Waals surface area contributed by atoms with E-state index in [9.17, 15) is 9.90 Å². The second kappa shape index (κ2) is 8.94. The number of fused-ring (bicyclic) bond motifs is 6. The van der Waals surface area contributed by atoms with Crippen LogP contribution < -0.4 is 0 Å². The second-order valence-corrected chi connectivity index (χ2v) is 12.8. The molecule has 34 heavy (non-hydrogen) atoms. The van der Waals surface area contributed by atoms with Gasteiger partial charge in [0.25, 0.3) is 0 Å². The molecule has 2 N–H and O–H groups in total. The van der Waals surface area contributed by atoms with Gasteiger partial charge in [-0.1, -0.05) is 34.1 Å². The van der Waals surface area contributed by atoms with Gasteiger partial charge in [0.05, 0.1) is 18.9 Å². The molecule has 5 rings (SSSR count). The van der Waals surface area contributed by atoms with Crippen molar-refractivity contribution < 1.29 is 14.6 Å². The third-order valence-electron chi connectivity index (χ3n) is 11.5. The van der Waals surface area contributed by atoms with Gasteiger partial charge in [0.15, 0.2) is 0 Å². The third-order valence-corrected chi connectivity index (χ3v) is 11.5. The maximum absolute atomic E-state index is 12.0. The number of aliphatic hydroxyl groups excluding tert-OH is 1. The fourth-order valence-electron chi connectivity index (χ4n) is 9.95. The number of carbonyl (C=O) groups is 1. The van der Waals surface area contributed by atoms with Crippen molar-refractivity contribution in [1.82, 2.24) is 10.2 Å². The number of hydrogen-bond donors (Lipinski definition) is 2. The lowest BCUT2D eigenvalue weighted by Crippen LogP contribution is -2.62. The predicted molar refractivity (Wildman–Crippen MR) is 133 cm³/mol. The van der Waals surface area contributed by atoms with Crippen LogP contribution in [-0.2, 0) is 22.4 Å². The van der Waals surface area contributed by atoms with Gasteiger partial charge in [-0.3, -0.25) is 9.89 Å². The SMILES string of the molecule is CCOC(=O)CC[C@@H](C)[C@H]1CC[C@H]2[C@@H]3[C@H](O)[C@H](CC)C4Cc5[nH]ncc5C[C@]4(C)[C@H]3CCC12C. The van der Waals surface area contributed by atoms with Gasteiger partial charge < -0.3 is 9.84 Å². The van der Waals surface area contributed by atoms with E-state index in [0.717, 1.165) is 25.7 Å². The predicted octanol–water partition coefficient (Wildman–Crippen LogP) is 5.57. The molecular formula is C29H46N2O3. The van der Waals surface area contributed by atoms with Gasteiger partial charge in [-0.2, -0.15) is 5.10 Å². The van der Waals surface area contributed by atoms with E-state index in [0.29, 0.717) is 54.5 Å². The van der Waals surface area contributed by atoms with E-state index in [1.807, 2.05) is 6.92 Å². The summed E-state index contributed by atoms with van der Waals surface area (Å²) < 4.78 is 5.20. The first-order valence-electron chi connectivity index (χ1n) is 14.1. The van der Waals surface area contributed by atoms with Gasteiger partial charge in [-0.15, -0.1) is 0 Å². The number of esters is 1. The first-order valence-corrected chi connectivity index (χ1v) is 14.1. The molecule has 3 fully saturated rings. The molecule has 2 unspecified atom stereocenters. The summed E-state index contributed by atoms with van der Waals surface area (Å²) in [5.74, 6) is 3.58. The lowest BCUT2D eigenvalue weighted by molar-refractivity contribution is -0.186. The highest BCUT2D eigenvalue weighted by molar-refractivity contribution is 5.69. The number of rotatable bonds is 6. The summed E-state index contributed by atoms with van der Waals surface area (Å²) in [6, 6.07) is 0. The molecule has 0 aliphatic heterocycles. The molecule has 4 aliphatic rings. The molecule has 4 aliphatic carbocycles. The zero-order valence-corrected chi connectivity index (χ0v) is 22.0. The van der Waals surface area contributed by atoms with Gasteiger partial charge in [0.1, 0.15) is 0 Å². The Bertz CT molecular complexity index is 898. The van der Waals surface area contributed by atoms with Gasteiger partial charge in [0, 0.05) is 12.1 Å². The van der Waals surface area contributed by atoms with E-state index < -0.39 is 0 Å². The highest BCUT2D eigenvalue weighted by atomic mass is 16.5. The van der Waals surface area contributed by atoms with Gasteiger partial charge in [0.2, 0.25) is 0 Å². The summed E-state index contributed by atoms with van der Waals surface area (Å²) in [4.78, 5) is 12.0. The van der Waals surface area contributed by atoms with E-state index in [4.69, 9.17) is 4.74 Å². The zero-order valence-electron chi connectivity index (χ0n) is 22.0. The summed E-state index contributed by atoms with van der Waals surface area (Å²) in [5, 5.41) is 19.6. The molecule has 0 aromatic carbocycles. The maximum atomic E-state index is 12.0. The van der Waals surface area contributed by atoms with Crippen molar-refractivity contribution in [2.45, 2.75) is 98.5 Å². The number of aromatic amines is 1. The first-order chi connectivity index (χ1) is 16.2. The Morgan fingerprint density at radius 3 is 2.71 bits per heavy atom. The molecule has 1 aromatic heterocycles. The molecule has 0 bridgehead atoms. The Balaban J connectivity index is 1.40. The number of nitrogens with one attached hydrogen (secondary N) is 1. The second-order valence-electron chi connectivity index (χ2n) is 12.8. The van der Waals surface area contributed by atoms with E-state index in [1.165, 1.54) is 36.9 Å². The van der Waals surface area contributed by atoms with Crippen molar-refractivity contribution in [2.24, 2.45) is 52.3 Å². The molecule has 0 saturated heterocycles. The minimum atomic E-state index is -0.198. The third kappa shape index (κ3) is 3.59. The lowest BCUT2D eigenvalue weighted by Gasteiger charge is -2.64. The Morgan fingerprint density at radius 2 is 1.97 bits per heavy atom. The Hall–Kier alpha value is -1.36. The highest BCUT2D eigenvalue weighted by Crippen LogP contribution is 2.69. The topological polar surface area (TPSA) is 75.2 Å². The molecule has 3 saturated carbocycles. The van der Waals surface area contributed by atoms with Crippen LogP contribution in [0.4, 0.5) is 0 Å². The van der Waals surface area contributed by atoms with Gasteiger partial charge in [-0.05, 0) is 110 Å². The molecular weight excluding hydrogens is 424 g/mol. The normalized spacial score (nSPS) is 43.9. The lowest BCUT2D eigenvalue weighted by atomic mass is 9.41. The fraction of sp³-hybridized carbons (Fsp3) is 0.862. The average molecular weight is 471 g/mol. The van der Waals surface area contributed by atoms with Crippen LogP contribution in [0.15, 0.2) is 6.20 Å². The average Bonchev–Trinajstić information content (AvgIpc) is 3.40. The molecule has 5 nitrogen and oxygen atoms in total. The number of carbonyl (C=O) groups excluding carboxylic acids is 1. The number of nitrogens with zero attached hydrogens (tertiary/aromatic N) is 1. The zero-order chi connectivity index (χ0) is 24.3. The smallest absolute Gasteiger partial charge is 0.305 e. The maximum Gasteiger partial charge on any atom is 0.305 e. The van der Waals surface area contributed by atoms with Crippen molar-refractivity contribution in [3.8, 4) is 0 Å². The molecule has 0 radical (unpaired) electrons. The number of ether oxygens (including phenoxy) is 1. The van der Waals surface area contributed by atoms with E-state index in [2.05, 4.69) is 44.1 Å². The van der Waals surface area contributed by atoms with Crippen LogP contribution in [0.25, 0.3) is 0 Å². The van der Waals surface area contributed by atoms with Crippen molar-refractivity contribution in [2.75, 3.05) is 6.61 Å². The molecule has 10 atom stereocenters. The summed E-state index contributed by atoms with van der Waals surface area (Å²) in [6.45, 7) is 12.1. The Labute approximate surface area is 205 Å². The van der Waals surface area contributed by atoms with Gasteiger partial charge >= 0.3 is 5.97 Å². The number of hydrogen-bond acceptors (Lipinski definition) is 4. The van der Waals surface area contributed by atoms with Crippen LogP contribution in [0, 0.1) is 52.3 Å². The van der Waals surface area contributed by atoms with Crippen molar-refractivity contribution in [3.05, 3.63) is 17.5 Å². The van der Waals surface area contributed by atoms with Crippen LogP contribution in [0.3, 0.4) is 0 Å². The summed E-state index contributed by atoms with van der Waals surface area (Å²) >= 11 is 0. The Morgan fingerprint density at radius 1 is 1.21 bits per heavy atom. The number of aliphatic hydroxyl groups is 1. The minimum absolute atomic E-state index is 0.0545. The molecule has 0 amide bonds. The number of aromatic nitrogens is 2. The molecule has 190 valence electrons. The van der Waals surface area contributed by atoms with Crippen LogP contribution in [0.2, 0.25) is 0 Å². The molecule has 5 heteroatoms. The van der Waals surface area contributed by atoms with Crippen molar-refractivity contribution in [1.29, 1.82) is 0 Å². The Kier molecular flexibility index (Phi) is 6.40. The summed E-state index contributed by atoms with van der Waals surface area (Å²) in [6.07, 6.45) is 11.5. The summed E-state index contributed by atoms with van der Waals surface area (Å²) in [5.41, 5.74) is 3.24. The largest absolute Gasteiger partial charge is 0.466 e. The quantitative estimate of drug-likeness (QED) is 0.533. The standard InChI is InChI=1S/C29H46N2O3/c1-6-19-23-14-24-18(16-30-31-24)15-29(23,5)22-12-13-28(4)20(9-10-21(28)26(22)27(19)33)17(3)8-11-25(32)34-7-2/h16-17,19-23,26-27,33H,6-15H2,1-5H3,(H,30,31)/t17-,19-,20-,21+,22+,23?,26+,27-,28?,29-/m1/s1. The van der Waals surface area contributed by atoms with E-state index in [-0.39, 0.29) is 22.9 Å². The first kappa shape index (κ1) is 24.3. The summed E-state index contributed by atoms with van der Waals surface area (Å²) in [7, 11) is 0.